The van der Waals surface area contributed by atoms with E-state index < -0.39 is 0 Å². The van der Waals surface area contributed by atoms with Crippen LogP contribution in [0.3, 0.4) is 0 Å². The first-order valence-electron chi connectivity index (χ1n) is 7.83. The molecule has 0 amide bonds. The smallest absolute Gasteiger partial charge is 0.176 e. The number of para-hydroxylation sites is 1. The minimum atomic E-state index is -0.208. The number of hydrogen-bond acceptors (Lipinski definition) is 5. The molecule has 1 aromatic carbocycles. The maximum atomic E-state index is 4.36. The number of hydrogen-bond donors (Lipinski definition) is 1. The van der Waals surface area contributed by atoms with Gasteiger partial charge in [0.1, 0.15) is 0 Å². The summed E-state index contributed by atoms with van der Waals surface area (Å²) in [6, 6.07) is 6.27. The zero-order valence-corrected chi connectivity index (χ0v) is 13.8. The fourth-order valence-corrected chi connectivity index (χ4v) is 3.22. The molecule has 0 spiro atoms. The van der Waals surface area contributed by atoms with Gasteiger partial charge in [0, 0.05) is 26.2 Å². The molecule has 0 aliphatic carbocycles. The van der Waals surface area contributed by atoms with Crippen LogP contribution in [0, 0.1) is 13.8 Å². The van der Waals surface area contributed by atoms with Gasteiger partial charge >= 0.3 is 0 Å². The quantitative estimate of drug-likeness (QED) is 0.929. The first kappa shape index (κ1) is 15.1. The van der Waals surface area contributed by atoms with Crippen LogP contribution in [0.25, 0.3) is 5.69 Å². The van der Waals surface area contributed by atoms with Gasteiger partial charge in [-0.3, -0.25) is 4.90 Å². The second kappa shape index (κ2) is 5.78. The van der Waals surface area contributed by atoms with Gasteiger partial charge in [-0.05, 0) is 49.2 Å². The van der Waals surface area contributed by atoms with Crippen molar-refractivity contribution < 1.29 is 0 Å². The van der Waals surface area contributed by atoms with Crippen molar-refractivity contribution in [2.75, 3.05) is 26.2 Å². The van der Waals surface area contributed by atoms with Gasteiger partial charge in [-0.25, -0.2) is 0 Å². The molecule has 118 valence electrons. The van der Waals surface area contributed by atoms with Gasteiger partial charge in [0.2, 0.25) is 0 Å². The summed E-state index contributed by atoms with van der Waals surface area (Å²) < 4.78 is 1.91. The van der Waals surface area contributed by atoms with E-state index in [-0.39, 0.29) is 5.54 Å². The van der Waals surface area contributed by atoms with Crippen LogP contribution in [0.15, 0.2) is 18.2 Å². The van der Waals surface area contributed by atoms with Crippen molar-refractivity contribution in [2.45, 2.75) is 33.2 Å². The molecule has 0 saturated carbocycles. The van der Waals surface area contributed by atoms with E-state index in [0.717, 1.165) is 37.7 Å². The third-order valence-corrected chi connectivity index (χ3v) is 4.58. The molecule has 22 heavy (non-hydrogen) atoms. The highest BCUT2D eigenvalue weighted by Gasteiger charge is 2.35. The Bertz CT molecular complexity index is 634. The lowest BCUT2D eigenvalue weighted by Gasteiger charge is -2.40. The Morgan fingerprint density at radius 3 is 2.36 bits per heavy atom. The molecule has 0 atom stereocenters. The number of nitrogens with one attached hydrogen (secondary N) is 1. The highest BCUT2D eigenvalue weighted by atomic mass is 15.6. The Labute approximate surface area is 131 Å². The minimum Gasteiger partial charge on any atom is -0.314 e. The van der Waals surface area contributed by atoms with E-state index in [2.05, 4.69) is 71.6 Å². The van der Waals surface area contributed by atoms with Crippen LogP contribution in [-0.2, 0) is 5.54 Å². The molecule has 1 aliphatic heterocycles. The topological polar surface area (TPSA) is 58.9 Å². The van der Waals surface area contributed by atoms with Crippen LogP contribution in [0.4, 0.5) is 0 Å². The van der Waals surface area contributed by atoms with Gasteiger partial charge in [-0.15, -0.1) is 5.10 Å². The summed E-state index contributed by atoms with van der Waals surface area (Å²) in [5.74, 6) is 0.895. The van der Waals surface area contributed by atoms with E-state index >= 15 is 0 Å². The van der Waals surface area contributed by atoms with E-state index in [0.29, 0.717) is 0 Å². The SMILES string of the molecule is Cc1cccc(C)c1-n1nnnc1C(C)(C)N1CCNCC1. The summed E-state index contributed by atoms with van der Waals surface area (Å²) >= 11 is 0. The molecule has 1 N–H and O–H groups in total. The Morgan fingerprint density at radius 2 is 1.73 bits per heavy atom. The Morgan fingerprint density at radius 1 is 1.09 bits per heavy atom. The van der Waals surface area contributed by atoms with E-state index in [1.54, 1.807) is 0 Å². The largest absolute Gasteiger partial charge is 0.314 e. The summed E-state index contributed by atoms with van der Waals surface area (Å²) in [5.41, 5.74) is 3.25. The molecule has 1 fully saturated rings. The van der Waals surface area contributed by atoms with Crippen molar-refractivity contribution in [3.63, 3.8) is 0 Å². The van der Waals surface area contributed by atoms with Crippen molar-refractivity contribution in [3.8, 4) is 5.69 Å². The summed E-state index contributed by atoms with van der Waals surface area (Å²) in [5, 5.41) is 16.0. The van der Waals surface area contributed by atoms with Crippen LogP contribution in [0.2, 0.25) is 0 Å². The number of aryl methyl sites for hydroxylation is 2. The van der Waals surface area contributed by atoms with Crippen molar-refractivity contribution in [1.82, 2.24) is 30.4 Å². The lowest BCUT2D eigenvalue weighted by Crippen LogP contribution is -2.52. The van der Waals surface area contributed by atoms with E-state index in [1.165, 1.54) is 11.1 Å². The van der Waals surface area contributed by atoms with Crippen LogP contribution < -0.4 is 5.32 Å². The summed E-state index contributed by atoms with van der Waals surface area (Å²) in [7, 11) is 0. The molecule has 0 unspecified atom stereocenters. The van der Waals surface area contributed by atoms with Gasteiger partial charge in [0.15, 0.2) is 5.82 Å². The van der Waals surface area contributed by atoms with Crippen molar-refractivity contribution in [1.29, 1.82) is 0 Å². The lowest BCUT2D eigenvalue weighted by molar-refractivity contribution is 0.0926. The zero-order chi connectivity index (χ0) is 15.7. The second-order valence-electron chi connectivity index (χ2n) is 6.45. The van der Waals surface area contributed by atoms with Crippen molar-refractivity contribution >= 4 is 0 Å². The van der Waals surface area contributed by atoms with Crippen molar-refractivity contribution in [2.24, 2.45) is 0 Å². The summed E-state index contributed by atoms with van der Waals surface area (Å²) in [6.07, 6.45) is 0. The number of tetrazole rings is 1. The van der Waals surface area contributed by atoms with E-state index in [4.69, 9.17) is 0 Å². The van der Waals surface area contributed by atoms with Gasteiger partial charge in [-0.1, -0.05) is 18.2 Å². The average Bonchev–Trinajstić information content (AvgIpc) is 2.98. The molecule has 1 aromatic heterocycles. The second-order valence-corrected chi connectivity index (χ2v) is 6.45. The molecular formula is C16H24N6. The first-order chi connectivity index (χ1) is 10.5. The molecule has 0 bridgehead atoms. The van der Waals surface area contributed by atoms with Crippen LogP contribution in [-0.4, -0.2) is 51.3 Å². The third-order valence-electron chi connectivity index (χ3n) is 4.58. The molecule has 0 radical (unpaired) electrons. The van der Waals surface area contributed by atoms with E-state index in [9.17, 15) is 0 Å². The van der Waals surface area contributed by atoms with Crippen LogP contribution >= 0.6 is 0 Å². The molecule has 1 saturated heterocycles. The molecule has 3 rings (SSSR count). The lowest BCUT2D eigenvalue weighted by atomic mass is 9.99. The number of rotatable bonds is 3. The van der Waals surface area contributed by atoms with Gasteiger partial charge in [-0.2, -0.15) is 4.68 Å². The van der Waals surface area contributed by atoms with Crippen molar-refractivity contribution in [3.05, 3.63) is 35.2 Å². The molecule has 2 aromatic rings. The Kier molecular flexibility index (Phi) is 3.97. The number of nitrogens with zero attached hydrogens (tertiary/aromatic N) is 5. The monoisotopic (exact) mass is 300 g/mol. The normalized spacial score (nSPS) is 16.9. The predicted octanol–water partition coefficient (Wildman–Crippen LogP) is 1.42. The van der Waals surface area contributed by atoms with Crippen LogP contribution in [0.5, 0.6) is 0 Å². The zero-order valence-electron chi connectivity index (χ0n) is 13.8. The molecular weight excluding hydrogens is 276 g/mol. The third kappa shape index (κ3) is 2.53. The van der Waals surface area contributed by atoms with E-state index in [1.807, 2.05) is 4.68 Å². The standard InChI is InChI=1S/C16H24N6/c1-12-6-5-7-13(2)14(12)22-15(18-19-20-22)16(3,4)21-10-8-17-9-11-21/h5-7,17H,8-11H2,1-4H3. The minimum absolute atomic E-state index is 0.208. The molecule has 1 aliphatic rings. The summed E-state index contributed by atoms with van der Waals surface area (Å²) in [4.78, 5) is 2.44. The summed E-state index contributed by atoms with van der Waals surface area (Å²) in [6.45, 7) is 12.6. The van der Waals surface area contributed by atoms with Gasteiger partial charge < -0.3 is 5.32 Å². The number of piperazine rings is 1. The predicted molar refractivity (Wildman–Crippen MR) is 86.1 cm³/mol. The van der Waals surface area contributed by atoms with Crippen LogP contribution in [0.1, 0.15) is 30.8 Å². The average molecular weight is 300 g/mol. The maximum Gasteiger partial charge on any atom is 0.176 e. The molecule has 6 nitrogen and oxygen atoms in total. The Balaban J connectivity index is 2.05. The first-order valence-corrected chi connectivity index (χ1v) is 7.83. The van der Waals surface area contributed by atoms with Gasteiger partial charge in [0.05, 0.1) is 11.2 Å². The number of aromatic nitrogens is 4. The van der Waals surface area contributed by atoms with Gasteiger partial charge in [0.25, 0.3) is 0 Å². The molecule has 2 heterocycles. The maximum absolute atomic E-state index is 4.36. The highest BCUT2D eigenvalue weighted by Crippen LogP contribution is 2.29. The fraction of sp³-hybridized carbons (Fsp3) is 0.562. The highest BCUT2D eigenvalue weighted by molar-refractivity contribution is 5.46. The number of benzene rings is 1. The molecule has 6 heteroatoms. The fourth-order valence-electron chi connectivity index (χ4n) is 3.22. The Hall–Kier alpha value is -1.79.